The number of nitrogens with one attached hydrogen (secondary N) is 1. The summed E-state index contributed by atoms with van der Waals surface area (Å²) in [7, 11) is 0. The first-order chi connectivity index (χ1) is 15.0. The van der Waals surface area contributed by atoms with Gasteiger partial charge in [0, 0.05) is 42.6 Å². The van der Waals surface area contributed by atoms with E-state index in [9.17, 15) is 4.39 Å². The minimum Gasteiger partial charge on any atom is -0.378 e. The van der Waals surface area contributed by atoms with Gasteiger partial charge in [-0.25, -0.2) is 9.07 Å². The maximum Gasteiger partial charge on any atom is 0.246 e. The zero-order chi connectivity index (χ0) is 21.4. The van der Waals surface area contributed by atoms with Crippen molar-refractivity contribution in [2.75, 3.05) is 49.6 Å². The maximum atomic E-state index is 13.6. The van der Waals surface area contributed by atoms with Crippen LogP contribution >= 0.6 is 11.6 Å². The van der Waals surface area contributed by atoms with E-state index in [1.807, 2.05) is 0 Å². The van der Waals surface area contributed by atoms with Crippen LogP contribution in [0.25, 0.3) is 5.69 Å². The van der Waals surface area contributed by atoms with Crippen LogP contribution in [-0.4, -0.2) is 65.1 Å². The number of hydrogen-bond donors (Lipinski definition) is 1. The molecule has 3 aromatic rings. The van der Waals surface area contributed by atoms with E-state index in [0.717, 1.165) is 50.6 Å². The quantitative estimate of drug-likeness (QED) is 0.651. The Morgan fingerprint density at radius 2 is 1.84 bits per heavy atom. The van der Waals surface area contributed by atoms with Crippen molar-refractivity contribution in [1.82, 2.24) is 19.7 Å². The van der Waals surface area contributed by atoms with Crippen molar-refractivity contribution in [2.24, 2.45) is 0 Å². The number of ether oxygens (including phenoxy) is 1. The largest absolute Gasteiger partial charge is 0.378 e. The fourth-order valence-electron chi connectivity index (χ4n) is 4.04. The number of piperazine rings is 1. The monoisotopic (exact) mass is 442 g/mol. The highest BCUT2D eigenvalue weighted by Gasteiger charge is 2.29. The van der Waals surface area contributed by atoms with Gasteiger partial charge in [-0.2, -0.15) is 4.98 Å². The summed E-state index contributed by atoms with van der Waals surface area (Å²) in [5.41, 5.74) is 3.78. The lowest BCUT2D eigenvalue weighted by Crippen LogP contribution is -2.56. The van der Waals surface area contributed by atoms with Crippen LogP contribution in [0.4, 0.5) is 21.7 Å². The molecular weight excluding hydrogens is 419 g/mol. The summed E-state index contributed by atoms with van der Waals surface area (Å²) in [6.45, 7) is 7.89. The average molecular weight is 443 g/mol. The number of rotatable bonds is 5. The highest BCUT2D eigenvalue weighted by atomic mass is 35.5. The van der Waals surface area contributed by atoms with Crippen LogP contribution in [0.5, 0.6) is 0 Å². The molecule has 0 saturated carbocycles. The standard InChI is InChI=1S/C22H24ClFN6O/c1-15-6-18(11-19(7-15)28-2-4-29(5-3-28)21-12-31-13-21)26-22-25-14-30(27-22)20-9-16(23)8-17(24)10-20/h6-11,14,21H,2-5,12-13H2,1H3,(H,26,27). The van der Waals surface area contributed by atoms with Gasteiger partial charge in [-0.05, 0) is 48.9 Å². The summed E-state index contributed by atoms with van der Waals surface area (Å²) in [4.78, 5) is 9.24. The van der Waals surface area contributed by atoms with Crippen LogP contribution in [0, 0.1) is 12.7 Å². The van der Waals surface area contributed by atoms with E-state index in [-0.39, 0.29) is 0 Å². The van der Waals surface area contributed by atoms with Crippen LogP contribution < -0.4 is 10.2 Å². The Kier molecular flexibility index (Phi) is 5.52. The predicted molar refractivity (Wildman–Crippen MR) is 119 cm³/mol. The minimum atomic E-state index is -0.416. The van der Waals surface area contributed by atoms with Gasteiger partial charge in [0.25, 0.3) is 0 Å². The second-order valence-electron chi connectivity index (χ2n) is 8.04. The molecule has 0 bridgehead atoms. The van der Waals surface area contributed by atoms with Crippen LogP contribution in [0.3, 0.4) is 0 Å². The van der Waals surface area contributed by atoms with Crippen molar-refractivity contribution >= 4 is 28.9 Å². The zero-order valence-corrected chi connectivity index (χ0v) is 18.0. The molecule has 2 aromatic carbocycles. The molecule has 2 saturated heterocycles. The Morgan fingerprint density at radius 1 is 1.03 bits per heavy atom. The second-order valence-corrected chi connectivity index (χ2v) is 8.47. The van der Waals surface area contributed by atoms with Gasteiger partial charge in [0.1, 0.15) is 12.1 Å². The highest BCUT2D eigenvalue weighted by molar-refractivity contribution is 6.30. The first kappa shape index (κ1) is 20.2. The molecule has 31 heavy (non-hydrogen) atoms. The van der Waals surface area contributed by atoms with Gasteiger partial charge in [0.2, 0.25) is 5.95 Å². The van der Waals surface area contributed by atoms with Gasteiger partial charge >= 0.3 is 0 Å². The summed E-state index contributed by atoms with van der Waals surface area (Å²) >= 11 is 5.95. The molecular formula is C22H24ClFN6O. The van der Waals surface area contributed by atoms with Gasteiger partial charge in [-0.1, -0.05) is 11.6 Å². The number of hydrogen-bond acceptors (Lipinski definition) is 6. The molecule has 1 aromatic heterocycles. The van der Waals surface area contributed by atoms with Crippen LogP contribution in [0.2, 0.25) is 5.02 Å². The zero-order valence-electron chi connectivity index (χ0n) is 17.3. The van der Waals surface area contributed by atoms with Crippen LogP contribution in [0.1, 0.15) is 5.56 Å². The summed E-state index contributed by atoms with van der Waals surface area (Å²) in [6.07, 6.45) is 1.54. The van der Waals surface area contributed by atoms with Gasteiger partial charge < -0.3 is 15.0 Å². The van der Waals surface area contributed by atoms with E-state index in [0.29, 0.717) is 22.7 Å². The molecule has 2 aliphatic rings. The number of halogens is 2. The van der Waals surface area contributed by atoms with Crippen molar-refractivity contribution in [3.63, 3.8) is 0 Å². The van der Waals surface area contributed by atoms with E-state index in [4.69, 9.17) is 16.3 Å². The first-order valence-electron chi connectivity index (χ1n) is 10.4. The lowest BCUT2D eigenvalue weighted by atomic mass is 10.1. The number of nitrogens with zero attached hydrogens (tertiary/aromatic N) is 5. The first-order valence-corrected chi connectivity index (χ1v) is 10.7. The average Bonchev–Trinajstić information content (AvgIpc) is 3.14. The molecule has 7 nitrogen and oxygen atoms in total. The van der Waals surface area contributed by atoms with E-state index < -0.39 is 5.82 Å². The minimum absolute atomic E-state index is 0.313. The van der Waals surface area contributed by atoms with Gasteiger partial charge in [0.05, 0.1) is 24.9 Å². The van der Waals surface area contributed by atoms with E-state index >= 15 is 0 Å². The smallest absolute Gasteiger partial charge is 0.246 e. The van der Waals surface area contributed by atoms with Gasteiger partial charge in [0.15, 0.2) is 0 Å². The molecule has 0 spiro atoms. The molecule has 0 amide bonds. The third-order valence-electron chi connectivity index (χ3n) is 5.74. The molecule has 0 unspecified atom stereocenters. The Balaban J connectivity index is 1.29. The topological polar surface area (TPSA) is 58.5 Å². The van der Waals surface area contributed by atoms with Crippen molar-refractivity contribution in [3.05, 3.63) is 59.1 Å². The molecule has 1 N–H and O–H groups in total. The third kappa shape index (κ3) is 4.51. The van der Waals surface area contributed by atoms with Gasteiger partial charge in [-0.15, -0.1) is 5.10 Å². The normalized spacial score (nSPS) is 17.6. The lowest BCUT2D eigenvalue weighted by Gasteiger charge is -2.43. The van der Waals surface area contributed by atoms with E-state index in [1.54, 1.807) is 6.07 Å². The SMILES string of the molecule is Cc1cc(Nc2ncn(-c3cc(F)cc(Cl)c3)n2)cc(N2CCN(C3COC3)CC2)c1. The number of aromatic nitrogens is 3. The molecule has 2 fully saturated rings. The molecule has 162 valence electrons. The number of anilines is 3. The molecule has 2 aliphatic heterocycles. The Bertz CT molecular complexity index is 1060. The Labute approximate surface area is 185 Å². The maximum absolute atomic E-state index is 13.6. The lowest BCUT2D eigenvalue weighted by molar-refractivity contribution is -0.0660. The fourth-order valence-corrected chi connectivity index (χ4v) is 4.26. The van der Waals surface area contributed by atoms with Crippen molar-refractivity contribution in [1.29, 1.82) is 0 Å². The van der Waals surface area contributed by atoms with E-state index in [1.165, 1.54) is 28.8 Å². The second kappa shape index (κ2) is 8.45. The number of benzene rings is 2. The van der Waals surface area contributed by atoms with Gasteiger partial charge in [-0.3, -0.25) is 4.90 Å². The summed E-state index contributed by atoms with van der Waals surface area (Å²) < 4.78 is 20.5. The van der Waals surface area contributed by atoms with Crippen LogP contribution in [0.15, 0.2) is 42.7 Å². The molecule has 0 radical (unpaired) electrons. The third-order valence-corrected chi connectivity index (χ3v) is 5.96. The Hall–Kier alpha value is -2.68. The van der Waals surface area contributed by atoms with Crippen molar-refractivity contribution in [3.8, 4) is 5.69 Å². The summed E-state index contributed by atoms with van der Waals surface area (Å²) in [5.74, 6) is 0.0208. The molecule has 9 heteroatoms. The predicted octanol–water partition coefficient (Wildman–Crippen LogP) is 3.63. The van der Waals surface area contributed by atoms with E-state index in [2.05, 4.69) is 50.3 Å². The fraction of sp³-hybridized carbons (Fsp3) is 0.364. The number of aryl methyl sites for hydroxylation is 1. The highest BCUT2D eigenvalue weighted by Crippen LogP contribution is 2.26. The Morgan fingerprint density at radius 3 is 2.55 bits per heavy atom. The molecule has 3 heterocycles. The van der Waals surface area contributed by atoms with Crippen molar-refractivity contribution in [2.45, 2.75) is 13.0 Å². The summed E-state index contributed by atoms with van der Waals surface area (Å²) in [5, 5.41) is 7.99. The molecule has 0 atom stereocenters. The van der Waals surface area contributed by atoms with Crippen molar-refractivity contribution < 1.29 is 9.13 Å². The molecule has 0 aliphatic carbocycles. The molecule has 5 rings (SSSR count). The van der Waals surface area contributed by atoms with Crippen LogP contribution in [-0.2, 0) is 4.74 Å². The summed E-state index contributed by atoms with van der Waals surface area (Å²) in [6, 6.07) is 11.2.